The van der Waals surface area contributed by atoms with Gasteiger partial charge in [-0.25, -0.2) is 0 Å². The first kappa shape index (κ1) is 13.3. The molecule has 3 aromatic rings. The molecule has 0 atom stereocenters. The lowest BCUT2D eigenvalue weighted by atomic mass is 9.95. The summed E-state index contributed by atoms with van der Waals surface area (Å²) in [6, 6.07) is 14.3. The van der Waals surface area contributed by atoms with Crippen LogP contribution < -0.4 is 5.43 Å². The van der Waals surface area contributed by atoms with Gasteiger partial charge in [0.1, 0.15) is 11.3 Å². The van der Waals surface area contributed by atoms with Gasteiger partial charge in [-0.05, 0) is 49.4 Å². The fourth-order valence-corrected chi connectivity index (χ4v) is 3.25. The molecule has 0 fully saturated rings. The van der Waals surface area contributed by atoms with E-state index in [0.717, 1.165) is 48.1 Å². The normalized spacial score (nSPS) is 14.0. The average molecular weight is 290 g/mol. The van der Waals surface area contributed by atoms with Gasteiger partial charge in [-0.15, -0.1) is 0 Å². The Morgan fingerprint density at radius 2 is 1.64 bits per heavy atom. The number of hydrogen-bond donors (Lipinski definition) is 0. The fourth-order valence-electron chi connectivity index (χ4n) is 3.25. The molecule has 1 aliphatic carbocycles. The summed E-state index contributed by atoms with van der Waals surface area (Å²) < 4.78 is 5.98. The summed E-state index contributed by atoms with van der Waals surface area (Å²) in [4.78, 5) is 12.8. The molecule has 1 aliphatic rings. The monoisotopic (exact) mass is 290 g/mol. The first-order valence-electron chi connectivity index (χ1n) is 7.88. The van der Waals surface area contributed by atoms with Gasteiger partial charge in [0.2, 0.25) is 0 Å². The summed E-state index contributed by atoms with van der Waals surface area (Å²) in [5.41, 5.74) is 5.18. The Labute approximate surface area is 129 Å². The van der Waals surface area contributed by atoms with Crippen LogP contribution in [0.3, 0.4) is 0 Å². The van der Waals surface area contributed by atoms with Gasteiger partial charge in [-0.2, -0.15) is 0 Å². The summed E-state index contributed by atoms with van der Waals surface area (Å²) in [5.74, 6) is 0.895. The van der Waals surface area contributed by atoms with Gasteiger partial charge < -0.3 is 4.42 Å². The highest BCUT2D eigenvalue weighted by molar-refractivity contribution is 5.83. The minimum Gasteiger partial charge on any atom is -0.461 e. The van der Waals surface area contributed by atoms with Crippen molar-refractivity contribution in [3.05, 3.63) is 69.6 Å². The molecule has 0 aliphatic heterocycles. The average Bonchev–Trinajstić information content (AvgIpc) is 2.56. The lowest BCUT2D eigenvalue weighted by Crippen LogP contribution is -2.16. The van der Waals surface area contributed by atoms with E-state index in [0.29, 0.717) is 11.0 Å². The molecule has 22 heavy (non-hydrogen) atoms. The van der Waals surface area contributed by atoms with Gasteiger partial charge in [0, 0.05) is 12.0 Å². The molecular weight excluding hydrogens is 272 g/mol. The molecule has 0 amide bonds. The molecular formula is C20H18O2. The fraction of sp³-hybridized carbons (Fsp3) is 0.250. The molecule has 0 spiro atoms. The van der Waals surface area contributed by atoms with E-state index in [-0.39, 0.29) is 5.43 Å². The van der Waals surface area contributed by atoms with Crippen LogP contribution in [0.1, 0.15) is 29.7 Å². The largest absolute Gasteiger partial charge is 0.461 e. The highest BCUT2D eigenvalue weighted by Gasteiger charge is 2.17. The number of fused-ring (bicyclic) bond motifs is 2. The summed E-state index contributed by atoms with van der Waals surface area (Å²) in [7, 11) is 0. The second-order valence-electron chi connectivity index (χ2n) is 6.12. The first-order chi connectivity index (χ1) is 10.7. The minimum absolute atomic E-state index is 0.157. The van der Waals surface area contributed by atoms with Crippen LogP contribution in [-0.2, 0) is 12.8 Å². The van der Waals surface area contributed by atoms with Crippen LogP contribution in [0, 0.1) is 6.92 Å². The maximum Gasteiger partial charge on any atom is 0.196 e. The smallest absolute Gasteiger partial charge is 0.196 e. The van der Waals surface area contributed by atoms with Crippen LogP contribution in [0.5, 0.6) is 0 Å². The van der Waals surface area contributed by atoms with Crippen LogP contribution in [0.15, 0.2) is 51.7 Å². The van der Waals surface area contributed by atoms with Crippen molar-refractivity contribution in [2.24, 2.45) is 0 Å². The molecule has 110 valence electrons. The lowest BCUT2D eigenvalue weighted by molar-refractivity contribution is 0.487. The predicted octanol–water partition coefficient (Wildman–Crippen LogP) is 4.65. The van der Waals surface area contributed by atoms with Crippen LogP contribution in [-0.4, -0.2) is 0 Å². The van der Waals surface area contributed by atoms with Crippen molar-refractivity contribution in [1.82, 2.24) is 0 Å². The van der Waals surface area contributed by atoms with E-state index in [1.54, 1.807) is 0 Å². The second kappa shape index (κ2) is 5.13. The van der Waals surface area contributed by atoms with E-state index in [4.69, 9.17) is 4.42 Å². The Bertz CT molecular complexity index is 901. The van der Waals surface area contributed by atoms with Gasteiger partial charge in [-0.1, -0.05) is 35.9 Å². The summed E-state index contributed by atoms with van der Waals surface area (Å²) >= 11 is 0. The Morgan fingerprint density at radius 3 is 2.45 bits per heavy atom. The van der Waals surface area contributed by atoms with E-state index in [1.165, 1.54) is 5.56 Å². The van der Waals surface area contributed by atoms with Crippen LogP contribution >= 0.6 is 0 Å². The molecule has 2 heteroatoms. The first-order valence-corrected chi connectivity index (χ1v) is 7.88. The zero-order chi connectivity index (χ0) is 15.1. The summed E-state index contributed by atoms with van der Waals surface area (Å²) in [5, 5.41) is 0.707. The molecule has 0 radical (unpaired) electrons. The second-order valence-corrected chi connectivity index (χ2v) is 6.12. The van der Waals surface area contributed by atoms with E-state index >= 15 is 0 Å². The maximum atomic E-state index is 12.8. The van der Waals surface area contributed by atoms with Crippen molar-refractivity contribution in [3.8, 4) is 11.1 Å². The van der Waals surface area contributed by atoms with E-state index in [9.17, 15) is 4.79 Å². The van der Waals surface area contributed by atoms with Crippen molar-refractivity contribution < 1.29 is 4.42 Å². The van der Waals surface area contributed by atoms with Crippen LogP contribution in [0.2, 0.25) is 0 Å². The summed E-state index contributed by atoms with van der Waals surface area (Å²) in [6.07, 6.45) is 3.94. The quantitative estimate of drug-likeness (QED) is 0.653. The van der Waals surface area contributed by atoms with Crippen molar-refractivity contribution >= 4 is 11.0 Å². The van der Waals surface area contributed by atoms with E-state index in [2.05, 4.69) is 31.2 Å². The molecule has 2 aromatic carbocycles. The van der Waals surface area contributed by atoms with Crippen molar-refractivity contribution in [3.63, 3.8) is 0 Å². The Morgan fingerprint density at radius 1 is 0.909 bits per heavy atom. The Hall–Kier alpha value is -2.35. The topological polar surface area (TPSA) is 30.2 Å². The van der Waals surface area contributed by atoms with Gasteiger partial charge in [0.15, 0.2) is 5.43 Å². The van der Waals surface area contributed by atoms with Crippen LogP contribution in [0.25, 0.3) is 22.1 Å². The zero-order valence-corrected chi connectivity index (χ0v) is 12.7. The minimum atomic E-state index is 0.157. The van der Waals surface area contributed by atoms with Crippen molar-refractivity contribution in [2.45, 2.75) is 32.6 Å². The number of rotatable bonds is 1. The molecule has 2 nitrogen and oxygen atoms in total. The number of benzene rings is 2. The molecule has 0 N–H and O–H groups in total. The maximum absolute atomic E-state index is 12.8. The Kier molecular flexibility index (Phi) is 3.11. The third-order valence-electron chi connectivity index (χ3n) is 4.53. The lowest BCUT2D eigenvalue weighted by Gasteiger charge is -2.14. The predicted molar refractivity (Wildman–Crippen MR) is 89.3 cm³/mol. The summed E-state index contributed by atoms with van der Waals surface area (Å²) in [6.45, 7) is 2.07. The van der Waals surface area contributed by atoms with Gasteiger partial charge >= 0.3 is 0 Å². The highest BCUT2D eigenvalue weighted by Crippen LogP contribution is 2.27. The highest BCUT2D eigenvalue weighted by atomic mass is 16.3. The molecule has 0 unspecified atom stereocenters. The molecule has 1 aromatic heterocycles. The van der Waals surface area contributed by atoms with Gasteiger partial charge in [-0.3, -0.25) is 4.79 Å². The number of hydrogen-bond acceptors (Lipinski definition) is 2. The van der Waals surface area contributed by atoms with Crippen LogP contribution in [0.4, 0.5) is 0 Å². The Balaban J connectivity index is 1.92. The number of aryl methyl sites for hydroxylation is 2. The van der Waals surface area contributed by atoms with Crippen molar-refractivity contribution in [1.29, 1.82) is 0 Å². The zero-order valence-electron chi connectivity index (χ0n) is 12.7. The molecule has 0 saturated heterocycles. The molecule has 4 rings (SSSR count). The molecule has 0 bridgehead atoms. The SMILES string of the molecule is Cc1ccc(-c2ccc3oc4c(c(=O)c3c2)CCCC4)cc1. The van der Waals surface area contributed by atoms with E-state index < -0.39 is 0 Å². The third kappa shape index (κ3) is 2.16. The van der Waals surface area contributed by atoms with Crippen molar-refractivity contribution in [2.75, 3.05) is 0 Å². The molecule has 0 saturated carbocycles. The molecule has 1 heterocycles. The van der Waals surface area contributed by atoms with E-state index in [1.807, 2.05) is 18.2 Å². The third-order valence-corrected chi connectivity index (χ3v) is 4.53. The van der Waals surface area contributed by atoms with Gasteiger partial charge in [0.05, 0.1) is 5.39 Å². The van der Waals surface area contributed by atoms with Gasteiger partial charge in [0.25, 0.3) is 0 Å². The standard InChI is InChI=1S/C20H18O2/c1-13-6-8-14(9-7-13)15-10-11-19-17(12-15)20(21)16-4-2-3-5-18(16)22-19/h6-12H,2-5H2,1H3.